The van der Waals surface area contributed by atoms with Gasteiger partial charge in [0.2, 0.25) is 0 Å². The van der Waals surface area contributed by atoms with Gasteiger partial charge in [-0.1, -0.05) is 65.4 Å². The normalized spacial score (nSPS) is 13.9. The lowest BCUT2D eigenvalue weighted by molar-refractivity contribution is 0.864. The van der Waals surface area contributed by atoms with Gasteiger partial charge >= 0.3 is 0 Å². The zero-order valence-electron chi connectivity index (χ0n) is 10.2. The van der Waals surface area contributed by atoms with Gasteiger partial charge in [-0.15, -0.1) is 0 Å². The molecule has 15 heavy (non-hydrogen) atoms. The van der Waals surface area contributed by atoms with Crippen molar-refractivity contribution < 1.29 is 0 Å². The fraction of sp³-hybridized carbons (Fsp3) is 0.538. The van der Waals surface area contributed by atoms with E-state index < -0.39 is 8.07 Å². The minimum absolute atomic E-state index is 0.692. The number of halogens is 1. The molecule has 0 aromatic heterocycles. The Labute approximate surface area is 103 Å². The van der Waals surface area contributed by atoms with Crippen molar-refractivity contribution in [3.05, 3.63) is 35.4 Å². The van der Waals surface area contributed by atoms with Crippen molar-refractivity contribution in [2.45, 2.75) is 38.5 Å². The van der Waals surface area contributed by atoms with Crippen LogP contribution in [0.1, 0.15) is 17.0 Å². The summed E-state index contributed by atoms with van der Waals surface area (Å²) in [5, 5.41) is 1.08. The van der Waals surface area contributed by atoms with Gasteiger partial charge in [0.1, 0.15) is 0 Å². The molecule has 0 amide bonds. The van der Waals surface area contributed by atoms with Gasteiger partial charge in [-0.2, -0.15) is 0 Å². The summed E-state index contributed by atoms with van der Waals surface area (Å²) >= 11 is 3.65. The summed E-state index contributed by atoms with van der Waals surface area (Å²) in [5.41, 5.74) is 2.83. The smallest absolute Gasteiger partial charge is 0.0449 e. The van der Waals surface area contributed by atoms with Crippen molar-refractivity contribution in [3.8, 4) is 0 Å². The fourth-order valence-electron chi connectivity index (χ4n) is 1.84. The van der Waals surface area contributed by atoms with E-state index in [4.69, 9.17) is 0 Å². The molecule has 0 aliphatic carbocycles. The number of alkyl halides is 1. The van der Waals surface area contributed by atoms with Crippen LogP contribution in [0.4, 0.5) is 0 Å². The molecule has 2 heteroatoms. The van der Waals surface area contributed by atoms with Gasteiger partial charge in [0, 0.05) is 13.4 Å². The van der Waals surface area contributed by atoms with Gasteiger partial charge in [-0.05, 0) is 24.4 Å². The molecule has 84 valence electrons. The third-order valence-electron chi connectivity index (χ3n) is 2.59. The fourth-order valence-corrected chi connectivity index (χ4v) is 4.72. The first-order valence-corrected chi connectivity index (χ1v) is 10.4. The van der Waals surface area contributed by atoms with E-state index in [0.29, 0.717) is 5.92 Å². The largest absolute Gasteiger partial charge is 0.0922 e. The molecule has 0 aliphatic rings. The maximum Gasteiger partial charge on any atom is 0.0449 e. The Morgan fingerprint density at radius 3 is 2.07 bits per heavy atom. The van der Waals surface area contributed by atoms with E-state index in [0.717, 1.165) is 5.33 Å². The van der Waals surface area contributed by atoms with Crippen LogP contribution >= 0.6 is 15.9 Å². The van der Waals surface area contributed by atoms with Crippen LogP contribution in [-0.4, -0.2) is 13.4 Å². The Hall–Kier alpha value is -0.0831. The highest BCUT2D eigenvalue weighted by atomic mass is 79.9. The monoisotopic (exact) mass is 284 g/mol. The van der Waals surface area contributed by atoms with E-state index >= 15 is 0 Å². The minimum atomic E-state index is -0.968. The summed E-state index contributed by atoms with van der Waals surface area (Å²) in [6.07, 6.45) is 0. The van der Waals surface area contributed by atoms with E-state index in [2.05, 4.69) is 66.8 Å². The third-order valence-corrected chi connectivity index (χ3v) is 5.09. The molecule has 0 nitrogen and oxygen atoms in total. The molecular weight excluding hydrogens is 264 g/mol. The lowest BCUT2D eigenvalue weighted by Gasteiger charge is -2.23. The number of hydrogen-bond donors (Lipinski definition) is 0. The SMILES string of the molecule is Cc1ccc(C(CBr)C[Si](C)(C)C)cc1. The number of aryl methyl sites for hydroxylation is 1. The summed E-state index contributed by atoms with van der Waals surface area (Å²) in [7, 11) is -0.968. The molecule has 0 fully saturated rings. The first-order chi connectivity index (χ1) is 6.92. The van der Waals surface area contributed by atoms with Crippen molar-refractivity contribution >= 4 is 24.0 Å². The van der Waals surface area contributed by atoms with E-state index in [1.54, 1.807) is 0 Å². The second kappa shape index (κ2) is 5.31. The molecule has 0 bridgehead atoms. The number of hydrogen-bond acceptors (Lipinski definition) is 0. The summed E-state index contributed by atoms with van der Waals surface area (Å²) in [6, 6.07) is 10.4. The first-order valence-electron chi connectivity index (χ1n) is 5.55. The number of rotatable bonds is 4. The van der Waals surface area contributed by atoms with Crippen molar-refractivity contribution in [1.82, 2.24) is 0 Å². The predicted octanol–water partition coefficient (Wildman–Crippen LogP) is 4.81. The van der Waals surface area contributed by atoms with Gasteiger partial charge in [0.25, 0.3) is 0 Å². The summed E-state index contributed by atoms with van der Waals surface area (Å²) in [6.45, 7) is 9.47. The second-order valence-corrected chi connectivity index (χ2v) is 11.7. The van der Waals surface area contributed by atoms with Crippen LogP contribution in [0.5, 0.6) is 0 Å². The van der Waals surface area contributed by atoms with E-state index in [9.17, 15) is 0 Å². The molecule has 0 saturated carbocycles. The molecule has 1 atom stereocenters. The maximum atomic E-state index is 3.65. The molecular formula is C13H21BrSi. The van der Waals surface area contributed by atoms with Crippen LogP contribution in [-0.2, 0) is 0 Å². The van der Waals surface area contributed by atoms with Gasteiger partial charge in [-0.25, -0.2) is 0 Å². The summed E-state index contributed by atoms with van der Waals surface area (Å²) in [4.78, 5) is 0. The van der Waals surface area contributed by atoms with E-state index in [1.807, 2.05) is 0 Å². The zero-order chi connectivity index (χ0) is 11.5. The second-order valence-electron chi connectivity index (χ2n) is 5.53. The topological polar surface area (TPSA) is 0 Å². The van der Waals surface area contributed by atoms with Crippen molar-refractivity contribution in [1.29, 1.82) is 0 Å². The Balaban J connectivity index is 2.79. The minimum Gasteiger partial charge on any atom is -0.0922 e. The van der Waals surface area contributed by atoms with Crippen LogP contribution in [0.15, 0.2) is 24.3 Å². The molecule has 1 aromatic rings. The van der Waals surface area contributed by atoms with Gasteiger partial charge in [0.15, 0.2) is 0 Å². The molecule has 0 aliphatic heterocycles. The van der Waals surface area contributed by atoms with Crippen molar-refractivity contribution in [2.75, 3.05) is 5.33 Å². The zero-order valence-corrected chi connectivity index (χ0v) is 12.8. The number of benzene rings is 1. The molecule has 0 N–H and O–H groups in total. The van der Waals surface area contributed by atoms with Crippen LogP contribution < -0.4 is 0 Å². The van der Waals surface area contributed by atoms with Crippen molar-refractivity contribution in [3.63, 3.8) is 0 Å². The van der Waals surface area contributed by atoms with E-state index in [1.165, 1.54) is 17.2 Å². The summed E-state index contributed by atoms with van der Waals surface area (Å²) < 4.78 is 0. The van der Waals surface area contributed by atoms with Crippen LogP contribution in [0.2, 0.25) is 25.7 Å². The molecule has 0 spiro atoms. The summed E-state index contributed by atoms with van der Waals surface area (Å²) in [5.74, 6) is 0.692. The van der Waals surface area contributed by atoms with E-state index in [-0.39, 0.29) is 0 Å². The Morgan fingerprint density at radius 2 is 1.67 bits per heavy atom. The van der Waals surface area contributed by atoms with Gasteiger partial charge in [0.05, 0.1) is 0 Å². The molecule has 0 heterocycles. The Morgan fingerprint density at radius 1 is 1.13 bits per heavy atom. The highest BCUT2D eigenvalue weighted by Gasteiger charge is 2.20. The molecule has 1 unspecified atom stereocenters. The average molecular weight is 285 g/mol. The Bertz CT molecular complexity index is 297. The molecule has 0 radical (unpaired) electrons. The van der Waals surface area contributed by atoms with Crippen LogP contribution in [0, 0.1) is 6.92 Å². The van der Waals surface area contributed by atoms with Crippen LogP contribution in [0.25, 0.3) is 0 Å². The third kappa shape index (κ3) is 4.52. The highest BCUT2D eigenvalue weighted by molar-refractivity contribution is 9.09. The standard InChI is InChI=1S/C13H21BrSi/c1-11-5-7-12(8-6-11)13(9-14)10-15(2,3)4/h5-8,13H,9-10H2,1-4H3. The average Bonchev–Trinajstić information content (AvgIpc) is 2.14. The Kier molecular flexibility index (Phi) is 4.59. The lowest BCUT2D eigenvalue weighted by atomic mass is 10.0. The molecule has 1 rings (SSSR count). The maximum absolute atomic E-state index is 3.65. The van der Waals surface area contributed by atoms with Gasteiger partial charge in [-0.3, -0.25) is 0 Å². The first kappa shape index (κ1) is 13.0. The lowest BCUT2D eigenvalue weighted by Crippen LogP contribution is -2.23. The van der Waals surface area contributed by atoms with Crippen LogP contribution in [0.3, 0.4) is 0 Å². The highest BCUT2D eigenvalue weighted by Crippen LogP contribution is 2.28. The van der Waals surface area contributed by atoms with Crippen molar-refractivity contribution in [2.24, 2.45) is 0 Å². The molecule has 0 saturated heterocycles. The molecule has 1 aromatic carbocycles. The van der Waals surface area contributed by atoms with Gasteiger partial charge < -0.3 is 0 Å². The quantitative estimate of drug-likeness (QED) is 0.550. The predicted molar refractivity (Wildman–Crippen MR) is 75.9 cm³/mol.